The van der Waals surface area contributed by atoms with Gasteiger partial charge in [0.15, 0.2) is 0 Å². The highest BCUT2D eigenvalue weighted by Gasteiger charge is 2.30. The van der Waals surface area contributed by atoms with Gasteiger partial charge in [0, 0.05) is 25.6 Å². The van der Waals surface area contributed by atoms with Gasteiger partial charge in [-0.2, -0.15) is 12.7 Å². The molecule has 1 rings (SSSR count). The van der Waals surface area contributed by atoms with Gasteiger partial charge in [-0.15, -0.1) is 0 Å². The van der Waals surface area contributed by atoms with Crippen LogP contribution in [-0.4, -0.2) is 43.4 Å². The molecule has 0 aliphatic carbocycles. The van der Waals surface area contributed by atoms with E-state index in [0.717, 1.165) is 6.42 Å². The molecule has 1 atom stereocenters. The van der Waals surface area contributed by atoms with E-state index in [0.29, 0.717) is 19.5 Å². The predicted octanol–water partition coefficient (Wildman–Crippen LogP) is -0.0648. The number of piperidine rings is 1. The van der Waals surface area contributed by atoms with Crippen LogP contribution in [0.1, 0.15) is 26.7 Å². The molecule has 1 aliphatic heterocycles. The summed E-state index contributed by atoms with van der Waals surface area (Å²) in [5, 5.41) is 11.6. The van der Waals surface area contributed by atoms with Gasteiger partial charge in [0.2, 0.25) is 0 Å². The molecule has 18 heavy (non-hydrogen) atoms. The zero-order valence-electron chi connectivity index (χ0n) is 10.8. The first-order valence-corrected chi connectivity index (χ1v) is 7.53. The molecule has 1 aliphatic rings. The van der Waals surface area contributed by atoms with Crippen molar-refractivity contribution in [3.63, 3.8) is 0 Å². The number of nitrogens with two attached hydrogens (primary N) is 1. The van der Waals surface area contributed by atoms with Gasteiger partial charge in [-0.05, 0) is 18.8 Å². The average molecular weight is 278 g/mol. The number of hydrogen-bond donors (Lipinski definition) is 3. The predicted molar refractivity (Wildman–Crippen MR) is 69.5 cm³/mol. The van der Waals surface area contributed by atoms with Crippen molar-refractivity contribution < 1.29 is 13.6 Å². The van der Waals surface area contributed by atoms with Crippen LogP contribution in [0.15, 0.2) is 5.16 Å². The van der Waals surface area contributed by atoms with E-state index >= 15 is 0 Å². The molecule has 0 aromatic carbocycles. The van der Waals surface area contributed by atoms with E-state index in [1.54, 1.807) is 0 Å². The maximum atomic E-state index is 12.0. The molecule has 7 nitrogen and oxygen atoms in total. The van der Waals surface area contributed by atoms with E-state index in [9.17, 15) is 8.42 Å². The summed E-state index contributed by atoms with van der Waals surface area (Å²) in [4.78, 5) is 0. The summed E-state index contributed by atoms with van der Waals surface area (Å²) in [6.07, 6.45) is 1.45. The van der Waals surface area contributed by atoms with Crippen molar-refractivity contribution in [2.75, 3.05) is 19.6 Å². The fourth-order valence-electron chi connectivity index (χ4n) is 1.85. The van der Waals surface area contributed by atoms with Crippen molar-refractivity contribution in [2.45, 2.75) is 26.7 Å². The maximum Gasteiger partial charge on any atom is 0.279 e. The van der Waals surface area contributed by atoms with Crippen LogP contribution in [-0.2, 0) is 10.2 Å². The molecule has 4 N–H and O–H groups in total. The highest BCUT2D eigenvalue weighted by Crippen LogP contribution is 2.18. The van der Waals surface area contributed by atoms with Crippen LogP contribution in [0, 0.1) is 11.8 Å². The number of nitrogens with zero attached hydrogens (tertiary/aromatic N) is 2. The van der Waals surface area contributed by atoms with Gasteiger partial charge in [0.05, 0.1) is 0 Å². The first-order chi connectivity index (χ1) is 8.36. The van der Waals surface area contributed by atoms with Crippen molar-refractivity contribution >= 4 is 16.0 Å². The van der Waals surface area contributed by atoms with Crippen LogP contribution >= 0.6 is 0 Å². The normalized spacial score (nSPS) is 23.5. The molecule has 0 spiro atoms. The summed E-state index contributed by atoms with van der Waals surface area (Å²) in [5.74, 6) is 0.141. The minimum absolute atomic E-state index is 0.0961. The van der Waals surface area contributed by atoms with Crippen LogP contribution in [0.25, 0.3) is 0 Å². The molecule has 106 valence electrons. The quantitative estimate of drug-likeness (QED) is 0.283. The van der Waals surface area contributed by atoms with Gasteiger partial charge in [-0.25, -0.2) is 4.72 Å². The lowest BCUT2D eigenvalue weighted by Gasteiger charge is -2.31. The second-order valence-corrected chi connectivity index (χ2v) is 6.72. The van der Waals surface area contributed by atoms with E-state index < -0.39 is 10.2 Å². The number of hydrogen-bond acceptors (Lipinski definition) is 4. The summed E-state index contributed by atoms with van der Waals surface area (Å²) >= 11 is 0. The van der Waals surface area contributed by atoms with Gasteiger partial charge >= 0.3 is 0 Å². The Kier molecular flexibility index (Phi) is 5.36. The van der Waals surface area contributed by atoms with Crippen LogP contribution in [0.3, 0.4) is 0 Å². The molecular weight excluding hydrogens is 256 g/mol. The van der Waals surface area contributed by atoms with Crippen LogP contribution < -0.4 is 10.5 Å². The second kappa shape index (κ2) is 6.35. The lowest BCUT2D eigenvalue weighted by Crippen LogP contribution is -2.49. The number of rotatable bonds is 5. The smallest absolute Gasteiger partial charge is 0.279 e. The Balaban J connectivity index is 2.65. The Labute approximate surface area is 108 Å². The Morgan fingerprint density at radius 3 is 2.83 bits per heavy atom. The molecular formula is C10H22N4O3S. The summed E-state index contributed by atoms with van der Waals surface area (Å²) < 4.78 is 28.0. The summed E-state index contributed by atoms with van der Waals surface area (Å²) in [6, 6.07) is 0. The molecule has 0 aromatic heterocycles. The molecule has 1 heterocycles. The molecule has 0 aromatic rings. The van der Waals surface area contributed by atoms with Crippen LogP contribution in [0.4, 0.5) is 0 Å². The largest absolute Gasteiger partial charge is 0.409 e. The first-order valence-electron chi connectivity index (χ1n) is 6.09. The SMILES string of the molecule is CC(C)CNS(=O)(=O)N1CCCC(C(N)=NO)C1. The summed E-state index contributed by atoms with van der Waals surface area (Å²) in [7, 11) is -3.46. The maximum absolute atomic E-state index is 12.0. The Morgan fingerprint density at radius 1 is 1.61 bits per heavy atom. The minimum Gasteiger partial charge on any atom is -0.409 e. The monoisotopic (exact) mass is 278 g/mol. The molecule has 0 radical (unpaired) electrons. The molecule has 0 saturated carbocycles. The van der Waals surface area contributed by atoms with Crippen molar-refractivity contribution in [1.82, 2.24) is 9.03 Å². The molecule has 1 unspecified atom stereocenters. The third kappa shape index (κ3) is 4.11. The number of nitrogens with one attached hydrogen (secondary N) is 1. The molecule has 0 amide bonds. The lowest BCUT2D eigenvalue weighted by molar-refractivity contribution is 0.285. The molecule has 8 heteroatoms. The van der Waals surface area contributed by atoms with Crippen molar-refractivity contribution in [2.24, 2.45) is 22.7 Å². The van der Waals surface area contributed by atoms with E-state index in [2.05, 4.69) is 9.88 Å². The van der Waals surface area contributed by atoms with E-state index in [-0.39, 0.29) is 24.2 Å². The van der Waals surface area contributed by atoms with E-state index in [1.807, 2.05) is 13.8 Å². The molecule has 1 saturated heterocycles. The Morgan fingerprint density at radius 2 is 2.28 bits per heavy atom. The molecule has 0 bridgehead atoms. The first kappa shape index (κ1) is 15.2. The third-order valence-corrected chi connectivity index (χ3v) is 4.47. The highest BCUT2D eigenvalue weighted by molar-refractivity contribution is 7.87. The van der Waals surface area contributed by atoms with Gasteiger partial charge in [0.25, 0.3) is 10.2 Å². The van der Waals surface area contributed by atoms with Gasteiger partial charge in [0.1, 0.15) is 5.84 Å². The summed E-state index contributed by atoms with van der Waals surface area (Å²) in [6.45, 7) is 5.04. The Bertz CT molecular complexity index is 394. The fourth-order valence-corrected chi connectivity index (χ4v) is 3.32. The van der Waals surface area contributed by atoms with Crippen molar-refractivity contribution in [3.8, 4) is 0 Å². The van der Waals surface area contributed by atoms with Crippen LogP contribution in [0.2, 0.25) is 0 Å². The highest BCUT2D eigenvalue weighted by atomic mass is 32.2. The fraction of sp³-hybridized carbons (Fsp3) is 0.900. The third-order valence-electron chi connectivity index (χ3n) is 2.93. The topological polar surface area (TPSA) is 108 Å². The van der Waals surface area contributed by atoms with Crippen molar-refractivity contribution in [1.29, 1.82) is 0 Å². The molecule has 1 fully saturated rings. The van der Waals surface area contributed by atoms with Gasteiger partial charge in [-0.1, -0.05) is 19.0 Å². The van der Waals surface area contributed by atoms with Gasteiger partial charge in [-0.3, -0.25) is 0 Å². The number of amidine groups is 1. The number of oxime groups is 1. The Hall–Kier alpha value is -0.860. The lowest BCUT2D eigenvalue weighted by atomic mass is 9.99. The second-order valence-electron chi connectivity index (χ2n) is 4.97. The summed E-state index contributed by atoms with van der Waals surface area (Å²) in [5.41, 5.74) is 5.53. The zero-order valence-corrected chi connectivity index (χ0v) is 11.7. The van der Waals surface area contributed by atoms with Crippen molar-refractivity contribution in [3.05, 3.63) is 0 Å². The van der Waals surface area contributed by atoms with E-state index in [4.69, 9.17) is 10.9 Å². The standard InChI is InChI=1S/C10H22N4O3S/c1-8(2)6-12-18(16,17)14-5-3-4-9(7-14)10(11)13-15/h8-9,12,15H,3-7H2,1-2H3,(H2,11,13). The van der Waals surface area contributed by atoms with Gasteiger partial charge < -0.3 is 10.9 Å². The average Bonchev–Trinajstić information content (AvgIpc) is 2.35. The van der Waals surface area contributed by atoms with E-state index in [1.165, 1.54) is 4.31 Å². The zero-order chi connectivity index (χ0) is 13.8. The minimum atomic E-state index is -3.46. The van der Waals surface area contributed by atoms with Crippen LogP contribution in [0.5, 0.6) is 0 Å².